The van der Waals surface area contributed by atoms with Gasteiger partial charge in [-0.05, 0) is 37.8 Å². The SMILES string of the molecule is Clc1cocc2n(C3CCN(c4ccccn4)CC3)ncn2c2c1=CCCC=2. The minimum atomic E-state index is 0.326. The summed E-state index contributed by atoms with van der Waals surface area (Å²) in [5.41, 5.74) is 0.941. The normalized spacial score (nSPS) is 17.0. The van der Waals surface area contributed by atoms with Gasteiger partial charge in [0.1, 0.15) is 24.7 Å². The number of hydrogen-bond acceptors (Lipinski definition) is 4. The zero-order chi connectivity index (χ0) is 18.9. The highest BCUT2D eigenvalue weighted by atomic mass is 35.5. The smallest absolute Gasteiger partial charge is 0.171 e. The molecule has 3 aromatic rings. The average molecular weight is 396 g/mol. The highest BCUT2D eigenvalue weighted by molar-refractivity contribution is 6.30. The number of aromatic nitrogens is 4. The first-order chi connectivity index (χ1) is 13.8. The monoisotopic (exact) mass is 395 g/mol. The molecule has 1 aliphatic carbocycles. The summed E-state index contributed by atoms with van der Waals surface area (Å²) in [6, 6.07) is 6.39. The van der Waals surface area contributed by atoms with E-state index in [4.69, 9.17) is 21.1 Å². The number of pyridine rings is 1. The van der Waals surface area contributed by atoms with Crippen LogP contribution in [0.5, 0.6) is 0 Å². The largest absolute Gasteiger partial charge is 0.467 e. The van der Waals surface area contributed by atoms with E-state index < -0.39 is 0 Å². The molecule has 144 valence electrons. The predicted octanol–water partition coefficient (Wildman–Crippen LogP) is 3.10. The average Bonchev–Trinajstić information content (AvgIpc) is 3.16. The van der Waals surface area contributed by atoms with Gasteiger partial charge in [0.05, 0.1) is 16.4 Å². The molecule has 0 unspecified atom stereocenters. The van der Waals surface area contributed by atoms with E-state index in [-0.39, 0.29) is 0 Å². The fourth-order valence-corrected chi connectivity index (χ4v) is 4.35. The van der Waals surface area contributed by atoms with Crippen molar-refractivity contribution in [1.29, 1.82) is 0 Å². The van der Waals surface area contributed by atoms with Gasteiger partial charge in [-0.25, -0.2) is 9.67 Å². The lowest BCUT2D eigenvalue weighted by atomic mass is 10.1. The van der Waals surface area contributed by atoms with Gasteiger partial charge in [0.15, 0.2) is 5.65 Å². The van der Waals surface area contributed by atoms with Gasteiger partial charge in [-0.15, -0.1) is 0 Å². The summed E-state index contributed by atoms with van der Waals surface area (Å²) >= 11 is 6.42. The van der Waals surface area contributed by atoms with Gasteiger partial charge in [-0.2, -0.15) is 5.10 Å². The molecule has 0 radical (unpaired) electrons. The molecule has 0 spiro atoms. The second kappa shape index (κ2) is 7.36. The van der Waals surface area contributed by atoms with Gasteiger partial charge in [-0.3, -0.25) is 4.40 Å². The Labute approximate surface area is 167 Å². The maximum absolute atomic E-state index is 6.42. The van der Waals surface area contributed by atoms with Crippen LogP contribution in [0.4, 0.5) is 5.82 Å². The number of anilines is 1. The lowest BCUT2D eigenvalue weighted by Gasteiger charge is -2.32. The van der Waals surface area contributed by atoms with Crippen LogP contribution in [-0.4, -0.2) is 32.3 Å². The number of rotatable bonds is 2. The summed E-state index contributed by atoms with van der Waals surface area (Å²) in [6.07, 6.45) is 15.5. The molecule has 0 bridgehead atoms. The maximum atomic E-state index is 6.42. The lowest BCUT2D eigenvalue weighted by molar-refractivity contribution is 0.372. The van der Waals surface area contributed by atoms with Gasteiger partial charge in [-0.1, -0.05) is 29.8 Å². The minimum absolute atomic E-state index is 0.326. The van der Waals surface area contributed by atoms with Gasteiger partial charge >= 0.3 is 0 Å². The fraction of sp³-hybridized carbons (Fsp3) is 0.333. The highest BCUT2D eigenvalue weighted by Crippen LogP contribution is 2.25. The lowest BCUT2D eigenvalue weighted by Crippen LogP contribution is -2.35. The molecule has 1 fully saturated rings. The third-order valence-corrected chi connectivity index (χ3v) is 5.84. The molecule has 1 aliphatic heterocycles. The molecule has 28 heavy (non-hydrogen) atoms. The third-order valence-electron chi connectivity index (χ3n) is 5.55. The molecule has 7 heteroatoms. The third kappa shape index (κ3) is 3.07. The Morgan fingerprint density at radius 3 is 2.75 bits per heavy atom. The molecule has 0 amide bonds. The van der Waals surface area contributed by atoms with Crippen LogP contribution >= 0.6 is 11.6 Å². The summed E-state index contributed by atoms with van der Waals surface area (Å²) in [4.78, 5) is 6.81. The molecule has 3 aromatic heterocycles. The molecule has 5 rings (SSSR count). The van der Waals surface area contributed by atoms with E-state index in [1.807, 2.05) is 24.7 Å². The van der Waals surface area contributed by atoms with Gasteiger partial charge in [0.25, 0.3) is 0 Å². The van der Waals surface area contributed by atoms with Crippen molar-refractivity contribution in [2.24, 2.45) is 0 Å². The molecule has 1 saturated heterocycles. The van der Waals surface area contributed by atoms with Crippen LogP contribution in [0, 0.1) is 0 Å². The van der Waals surface area contributed by atoms with E-state index in [1.54, 1.807) is 12.5 Å². The molecule has 4 heterocycles. The Kier molecular flexibility index (Phi) is 4.56. The number of fused-ring (bicyclic) bond motifs is 3. The van der Waals surface area contributed by atoms with Crippen molar-refractivity contribution in [1.82, 2.24) is 19.2 Å². The van der Waals surface area contributed by atoms with Crippen LogP contribution in [0.15, 0.2) is 47.7 Å². The second-order valence-electron chi connectivity index (χ2n) is 7.21. The first-order valence-corrected chi connectivity index (χ1v) is 10.1. The summed E-state index contributed by atoms with van der Waals surface area (Å²) in [7, 11) is 0. The second-order valence-corrected chi connectivity index (χ2v) is 7.62. The Hall–Kier alpha value is -2.73. The van der Waals surface area contributed by atoms with Crippen LogP contribution in [-0.2, 0) is 0 Å². The van der Waals surface area contributed by atoms with Crippen molar-refractivity contribution < 1.29 is 4.42 Å². The van der Waals surface area contributed by atoms with E-state index in [9.17, 15) is 0 Å². The number of halogens is 1. The Balaban J connectivity index is 1.52. The molecule has 0 aromatic carbocycles. The van der Waals surface area contributed by atoms with Gasteiger partial charge in [0.2, 0.25) is 0 Å². The van der Waals surface area contributed by atoms with E-state index >= 15 is 0 Å². The summed E-state index contributed by atoms with van der Waals surface area (Å²) in [6.45, 7) is 1.92. The quantitative estimate of drug-likeness (QED) is 0.669. The van der Waals surface area contributed by atoms with Crippen LogP contribution in [0.25, 0.3) is 17.8 Å². The minimum Gasteiger partial charge on any atom is -0.467 e. The topological polar surface area (TPSA) is 51.5 Å². The van der Waals surface area contributed by atoms with E-state index in [1.165, 1.54) is 0 Å². The number of hydrogen-bond donors (Lipinski definition) is 0. The van der Waals surface area contributed by atoms with Crippen molar-refractivity contribution in [3.63, 3.8) is 0 Å². The Bertz CT molecular complexity index is 1150. The zero-order valence-electron chi connectivity index (χ0n) is 15.5. The van der Waals surface area contributed by atoms with Crippen LogP contribution in [0.2, 0.25) is 5.02 Å². The van der Waals surface area contributed by atoms with E-state index in [0.717, 1.165) is 60.8 Å². The standard InChI is InChI=1S/C21H22ClN5O/c22-18-13-28-14-21-26(19-6-2-1-5-17(18)19)15-24-27(21)16-8-11-25(12-9-16)20-7-3-4-10-23-20/h3-7,10,13-16H,1-2,8-9,11-12H2. The summed E-state index contributed by atoms with van der Waals surface area (Å²) in [5, 5.41) is 7.43. The van der Waals surface area contributed by atoms with Crippen LogP contribution < -0.4 is 15.5 Å². The summed E-state index contributed by atoms with van der Waals surface area (Å²) in [5.74, 6) is 1.04. The van der Waals surface area contributed by atoms with Gasteiger partial charge < -0.3 is 9.32 Å². The first-order valence-electron chi connectivity index (χ1n) is 9.72. The molecule has 0 atom stereocenters. The Morgan fingerprint density at radius 2 is 1.93 bits per heavy atom. The van der Waals surface area contributed by atoms with Crippen LogP contribution in [0.3, 0.4) is 0 Å². The van der Waals surface area contributed by atoms with Crippen molar-refractivity contribution in [2.75, 3.05) is 18.0 Å². The van der Waals surface area contributed by atoms with Crippen molar-refractivity contribution in [3.05, 3.63) is 58.8 Å². The first kappa shape index (κ1) is 17.4. The molecular weight excluding hydrogens is 374 g/mol. The van der Waals surface area contributed by atoms with Gasteiger partial charge in [0, 0.05) is 24.5 Å². The molecule has 2 aliphatic rings. The van der Waals surface area contributed by atoms with E-state index in [2.05, 4.69) is 37.2 Å². The molecule has 0 saturated carbocycles. The summed E-state index contributed by atoms with van der Waals surface area (Å²) < 4.78 is 9.84. The van der Waals surface area contributed by atoms with Crippen LogP contribution in [0.1, 0.15) is 31.7 Å². The van der Waals surface area contributed by atoms with Crippen molar-refractivity contribution >= 4 is 35.2 Å². The zero-order valence-corrected chi connectivity index (χ0v) is 16.3. The predicted molar refractivity (Wildman–Crippen MR) is 110 cm³/mol. The van der Waals surface area contributed by atoms with Crippen molar-refractivity contribution in [3.8, 4) is 0 Å². The maximum Gasteiger partial charge on any atom is 0.171 e. The molecular formula is C21H22ClN5O. The molecule has 6 nitrogen and oxygen atoms in total. The number of piperidine rings is 1. The highest BCUT2D eigenvalue weighted by Gasteiger charge is 2.23. The number of nitrogens with zero attached hydrogens (tertiary/aromatic N) is 5. The Morgan fingerprint density at radius 1 is 1.07 bits per heavy atom. The van der Waals surface area contributed by atoms with E-state index in [0.29, 0.717) is 11.1 Å². The van der Waals surface area contributed by atoms with Crippen molar-refractivity contribution in [2.45, 2.75) is 31.7 Å². The molecule has 0 N–H and O–H groups in total. The fourth-order valence-electron chi connectivity index (χ4n) is 4.12.